The van der Waals surface area contributed by atoms with E-state index < -0.39 is 11.9 Å². The number of amides is 1. The van der Waals surface area contributed by atoms with Gasteiger partial charge in [-0.2, -0.15) is 0 Å². The lowest BCUT2D eigenvalue weighted by atomic mass is 10.2. The van der Waals surface area contributed by atoms with Gasteiger partial charge in [-0.3, -0.25) is 9.59 Å². The van der Waals surface area contributed by atoms with Crippen molar-refractivity contribution in [2.45, 2.75) is 19.4 Å². The first-order chi connectivity index (χ1) is 6.16. The van der Waals surface area contributed by atoms with Crippen LogP contribution in [-0.4, -0.2) is 10.5 Å². The molecule has 0 bridgehead atoms. The van der Waals surface area contributed by atoms with Gasteiger partial charge in [0.1, 0.15) is 6.04 Å². The Hall–Kier alpha value is -1.58. The fraction of sp³-hybridized carbons (Fsp3) is 0.333. The van der Waals surface area contributed by atoms with Crippen LogP contribution >= 0.6 is 0 Å². The molecule has 0 unspecified atom stereocenters. The first-order valence-electron chi connectivity index (χ1n) is 4.13. The van der Waals surface area contributed by atoms with Crippen LogP contribution in [0.2, 0.25) is 0 Å². The summed E-state index contributed by atoms with van der Waals surface area (Å²) in [7, 11) is 0. The smallest absolute Gasteiger partial charge is 0.251 e. The Morgan fingerprint density at radius 2 is 2.31 bits per heavy atom. The highest BCUT2D eigenvalue weighted by atomic mass is 16.2. The Morgan fingerprint density at radius 1 is 1.62 bits per heavy atom. The minimum Gasteiger partial charge on any atom is -0.368 e. The first kappa shape index (κ1) is 9.51. The number of primary amides is 1. The molecule has 70 valence electrons. The average Bonchev–Trinajstić information content (AvgIpc) is 2.09. The minimum atomic E-state index is -0.534. The molecule has 0 aliphatic carbocycles. The summed E-state index contributed by atoms with van der Waals surface area (Å²) in [5, 5.41) is 0. The molecular formula is C9H12N2O2. The number of aromatic nitrogens is 1. The van der Waals surface area contributed by atoms with Crippen LogP contribution in [0.5, 0.6) is 0 Å². The van der Waals surface area contributed by atoms with Crippen molar-refractivity contribution >= 4 is 5.91 Å². The molecule has 13 heavy (non-hydrogen) atoms. The van der Waals surface area contributed by atoms with Crippen LogP contribution in [0.3, 0.4) is 0 Å². The second kappa shape index (κ2) is 3.89. The molecule has 2 N–H and O–H groups in total. The number of carbonyl (C=O) groups is 1. The maximum atomic E-state index is 11.3. The number of hydrogen-bond donors (Lipinski definition) is 1. The molecule has 0 fully saturated rings. The summed E-state index contributed by atoms with van der Waals surface area (Å²) in [6, 6.07) is 4.21. The summed E-state index contributed by atoms with van der Waals surface area (Å²) < 4.78 is 1.35. The van der Waals surface area contributed by atoms with Crippen molar-refractivity contribution in [1.29, 1.82) is 0 Å². The van der Waals surface area contributed by atoms with E-state index >= 15 is 0 Å². The third kappa shape index (κ3) is 1.96. The molecule has 1 atom stereocenters. The molecule has 0 aromatic carbocycles. The van der Waals surface area contributed by atoms with Crippen LogP contribution in [-0.2, 0) is 4.79 Å². The lowest BCUT2D eigenvalue weighted by molar-refractivity contribution is -0.121. The number of nitrogens with zero attached hydrogens (tertiary/aromatic N) is 1. The van der Waals surface area contributed by atoms with E-state index in [2.05, 4.69) is 0 Å². The predicted octanol–water partition coefficient (Wildman–Crippen LogP) is 0.285. The van der Waals surface area contributed by atoms with E-state index in [0.717, 1.165) is 0 Å². The summed E-state index contributed by atoms with van der Waals surface area (Å²) >= 11 is 0. The molecule has 1 rings (SSSR count). The normalized spacial score (nSPS) is 12.4. The Morgan fingerprint density at radius 3 is 2.77 bits per heavy atom. The SMILES string of the molecule is CC[C@@H](C(N)=O)n1ccccc1=O. The molecule has 0 radical (unpaired) electrons. The van der Waals surface area contributed by atoms with Crippen LogP contribution in [0.4, 0.5) is 0 Å². The zero-order valence-electron chi connectivity index (χ0n) is 7.43. The number of hydrogen-bond acceptors (Lipinski definition) is 2. The largest absolute Gasteiger partial charge is 0.368 e. The highest BCUT2D eigenvalue weighted by Crippen LogP contribution is 2.06. The van der Waals surface area contributed by atoms with Gasteiger partial charge in [-0.25, -0.2) is 0 Å². The van der Waals surface area contributed by atoms with Crippen LogP contribution in [0.15, 0.2) is 29.2 Å². The Labute approximate surface area is 76.0 Å². The van der Waals surface area contributed by atoms with Gasteiger partial charge in [0.25, 0.3) is 5.56 Å². The maximum Gasteiger partial charge on any atom is 0.251 e. The lowest BCUT2D eigenvalue weighted by Gasteiger charge is -2.13. The van der Waals surface area contributed by atoms with Crippen LogP contribution < -0.4 is 11.3 Å². The fourth-order valence-electron chi connectivity index (χ4n) is 1.23. The van der Waals surface area contributed by atoms with E-state index in [1.165, 1.54) is 10.6 Å². The van der Waals surface area contributed by atoms with Gasteiger partial charge in [0, 0.05) is 12.3 Å². The standard InChI is InChI=1S/C9H12N2O2/c1-2-7(9(10)13)11-6-4-3-5-8(11)12/h3-7H,2H2,1H3,(H2,10,13)/t7-/m0/s1. The molecule has 1 aromatic heterocycles. The van der Waals surface area contributed by atoms with Crippen molar-refractivity contribution in [2.24, 2.45) is 5.73 Å². The van der Waals surface area contributed by atoms with Crippen LogP contribution in [0, 0.1) is 0 Å². The van der Waals surface area contributed by atoms with Gasteiger partial charge >= 0.3 is 0 Å². The first-order valence-corrected chi connectivity index (χ1v) is 4.13. The monoisotopic (exact) mass is 180 g/mol. The summed E-state index contributed by atoms with van der Waals surface area (Å²) in [5.41, 5.74) is 4.95. The minimum absolute atomic E-state index is 0.201. The van der Waals surface area contributed by atoms with Crippen molar-refractivity contribution < 1.29 is 4.79 Å². The number of rotatable bonds is 3. The van der Waals surface area contributed by atoms with Crippen molar-refractivity contribution in [3.63, 3.8) is 0 Å². The van der Waals surface area contributed by atoms with Gasteiger partial charge in [0.2, 0.25) is 5.91 Å². The Kier molecular flexibility index (Phi) is 2.84. The molecule has 0 aliphatic heterocycles. The highest BCUT2D eigenvalue weighted by molar-refractivity contribution is 5.78. The molecule has 4 nitrogen and oxygen atoms in total. The third-order valence-electron chi connectivity index (χ3n) is 1.90. The van der Waals surface area contributed by atoms with Crippen molar-refractivity contribution in [1.82, 2.24) is 4.57 Å². The molecule has 1 amide bonds. The molecule has 1 aromatic rings. The van der Waals surface area contributed by atoms with Crippen LogP contribution in [0.25, 0.3) is 0 Å². The molecule has 0 aliphatic rings. The van der Waals surface area contributed by atoms with Crippen molar-refractivity contribution in [3.8, 4) is 0 Å². The van der Waals surface area contributed by atoms with Crippen molar-refractivity contribution in [2.75, 3.05) is 0 Å². The van der Waals surface area contributed by atoms with E-state index in [-0.39, 0.29) is 5.56 Å². The number of pyridine rings is 1. The second-order valence-corrected chi connectivity index (χ2v) is 2.77. The Bertz CT molecular complexity index is 357. The van der Waals surface area contributed by atoms with E-state index in [1.54, 1.807) is 18.3 Å². The zero-order chi connectivity index (χ0) is 9.84. The predicted molar refractivity (Wildman–Crippen MR) is 49.2 cm³/mol. The van der Waals surface area contributed by atoms with Gasteiger partial charge in [0.05, 0.1) is 0 Å². The van der Waals surface area contributed by atoms with Gasteiger partial charge in [-0.1, -0.05) is 13.0 Å². The highest BCUT2D eigenvalue weighted by Gasteiger charge is 2.14. The summed E-state index contributed by atoms with van der Waals surface area (Å²) in [6.07, 6.45) is 2.10. The quantitative estimate of drug-likeness (QED) is 0.726. The summed E-state index contributed by atoms with van der Waals surface area (Å²) in [5.74, 6) is -0.476. The van der Waals surface area contributed by atoms with Gasteiger partial charge in [0.15, 0.2) is 0 Å². The molecule has 0 spiro atoms. The fourth-order valence-corrected chi connectivity index (χ4v) is 1.23. The lowest BCUT2D eigenvalue weighted by Crippen LogP contribution is -2.32. The maximum absolute atomic E-state index is 11.3. The van der Waals surface area contributed by atoms with E-state index in [0.29, 0.717) is 6.42 Å². The second-order valence-electron chi connectivity index (χ2n) is 2.77. The van der Waals surface area contributed by atoms with E-state index in [1.807, 2.05) is 6.92 Å². The van der Waals surface area contributed by atoms with Gasteiger partial charge in [-0.05, 0) is 12.5 Å². The molecule has 0 saturated carbocycles. The number of carbonyl (C=O) groups excluding carboxylic acids is 1. The molecule has 0 saturated heterocycles. The molecule has 1 heterocycles. The molecule has 4 heteroatoms. The topological polar surface area (TPSA) is 65.1 Å². The van der Waals surface area contributed by atoms with Crippen molar-refractivity contribution in [3.05, 3.63) is 34.7 Å². The summed E-state index contributed by atoms with van der Waals surface area (Å²) in [4.78, 5) is 22.2. The average molecular weight is 180 g/mol. The van der Waals surface area contributed by atoms with Crippen LogP contribution in [0.1, 0.15) is 19.4 Å². The van der Waals surface area contributed by atoms with Gasteiger partial charge < -0.3 is 10.3 Å². The third-order valence-corrected chi connectivity index (χ3v) is 1.90. The zero-order valence-corrected chi connectivity index (χ0v) is 7.43. The number of nitrogens with two attached hydrogens (primary N) is 1. The Balaban J connectivity index is 3.12. The summed E-state index contributed by atoms with van der Waals surface area (Å²) in [6.45, 7) is 1.81. The van der Waals surface area contributed by atoms with E-state index in [4.69, 9.17) is 5.73 Å². The van der Waals surface area contributed by atoms with E-state index in [9.17, 15) is 9.59 Å². The van der Waals surface area contributed by atoms with Gasteiger partial charge in [-0.15, -0.1) is 0 Å². The molecular weight excluding hydrogens is 168 g/mol.